The van der Waals surface area contributed by atoms with Crippen molar-refractivity contribution in [3.8, 4) is 0 Å². The first-order chi connectivity index (χ1) is 10.1. The minimum Gasteiger partial charge on any atom is -0.469 e. The van der Waals surface area contributed by atoms with Crippen molar-refractivity contribution in [3.63, 3.8) is 0 Å². The van der Waals surface area contributed by atoms with Crippen LogP contribution in [0, 0.1) is 0 Å². The standard InChI is InChI=1S/C15H19NO5/c1-3-21-14(18)9-10-16(12-7-5-4-6-8-12)13(17)11-15(19)20-2/h4-8H,3,9-11H2,1-2H3. The summed E-state index contributed by atoms with van der Waals surface area (Å²) < 4.78 is 9.33. The van der Waals surface area contributed by atoms with Crippen LogP contribution in [-0.2, 0) is 23.9 Å². The van der Waals surface area contributed by atoms with Gasteiger partial charge in [0, 0.05) is 12.2 Å². The van der Waals surface area contributed by atoms with Crippen molar-refractivity contribution in [2.24, 2.45) is 0 Å². The van der Waals surface area contributed by atoms with Gasteiger partial charge in [-0.15, -0.1) is 0 Å². The van der Waals surface area contributed by atoms with E-state index in [1.165, 1.54) is 12.0 Å². The lowest BCUT2D eigenvalue weighted by molar-refractivity contribution is -0.143. The average molecular weight is 293 g/mol. The Balaban J connectivity index is 2.78. The third-order valence-corrected chi connectivity index (χ3v) is 2.74. The molecular weight excluding hydrogens is 274 g/mol. The fourth-order valence-corrected chi connectivity index (χ4v) is 1.73. The van der Waals surface area contributed by atoms with Gasteiger partial charge in [0.05, 0.1) is 20.1 Å². The molecule has 0 spiro atoms. The highest BCUT2D eigenvalue weighted by Crippen LogP contribution is 2.15. The Morgan fingerprint density at radius 3 is 2.33 bits per heavy atom. The molecule has 6 heteroatoms. The highest BCUT2D eigenvalue weighted by Gasteiger charge is 2.20. The van der Waals surface area contributed by atoms with Crippen LogP contribution in [0.1, 0.15) is 19.8 Å². The lowest BCUT2D eigenvalue weighted by Crippen LogP contribution is -2.34. The Morgan fingerprint density at radius 2 is 1.76 bits per heavy atom. The van der Waals surface area contributed by atoms with Crippen LogP contribution in [-0.4, -0.2) is 38.1 Å². The molecule has 0 N–H and O–H groups in total. The molecule has 1 amide bonds. The summed E-state index contributed by atoms with van der Waals surface area (Å²) in [7, 11) is 1.22. The van der Waals surface area contributed by atoms with E-state index in [-0.39, 0.29) is 25.4 Å². The molecule has 0 aliphatic rings. The Morgan fingerprint density at radius 1 is 1.10 bits per heavy atom. The second-order valence-corrected chi connectivity index (χ2v) is 4.19. The number of esters is 2. The van der Waals surface area contributed by atoms with Gasteiger partial charge in [0.15, 0.2) is 0 Å². The zero-order valence-corrected chi connectivity index (χ0v) is 12.2. The summed E-state index contributed by atoms with van der Waals surface area (Å²) in [6, 6.07) is 8.84. The molecule has 1 aromatic carbocycles. The van der Waals surface area contributed by atoms with E-state index in [1.807, 2.05) is 6.07 Å². The van der Waals surface area contributed by atoms with Gasteiger partial charge in [-0.1, -0.05) is 18.2 Å². The van der Waals surface area contributed by atoms with Crippen molar-refractivity contribution >= 4 is 23.5 Å². The van der Waals surface area contributed by atoms with Gasteiger partial charge in [-0.25, -0.2) is 0 Å². The van der Waals surface area contributed by atoms with Gasteiger partial charge < -0.3 is 14.4 Å². The van der Waals surface area contributed by atoms with Crippen LogP contribution < -0.4 is 4.90 Å². The van der Waals surface area contributed by atoms with Gasteiger partial charge in [0.2, 0.25) is 5.91 Å². The fourth-order valence-electron chi connectivity index (χ4n) is 1.73. The van der Waals surface area contributed by atoms with Crippen LogP contribution in [0.4, 0.5) is 5.69 Å². The van der Waals surface area contributed by atoms with Crippen LogP contribution in [0.25, 0.3) is 0 Å². The van der Waals surface area contributed by atoms with E-state index < -0.39 is 11.9 Å². The molecule has 0 aliphatic heterocycles. The van der Waals surface area contributed by atoms with Crippen molar-refractivity contribution in [2.75, 3.05) is 25.2 Å². The van der Waals surface area contributed by atoms with E-state index in [4.69, 9.17) is 4.74 Å². The summed E-state index contributed by atoms with van der Waals surface area (Å²) in [4.78, 5) is 36.2. The molecule has 0 aromatic heterocycles. The van der Waals surface area contributed by atoms with Crippen molar-refractivity contribution in [1.29, 1.82) is 0 Å². The third-order valence-electron chi connectivity index (χ3n) is 2.74. The van der Waals surface area contributed by atoms with Crippen molar-refractivity contribution in [2.45, 2.75) is 19.8 Å². The first-order valence-corrected chi connectivity index (χ1v) is 6.66. The third kappa shape index (κ3) is 5.64. The van der Waals surface area contributed by atoms with E-state index in [0.29, 0.717) is 12.3 Å². The molecular formula is C15H19NO5. The quantitative estimate of drug-likeness (QED) is 0.563. The smallest absolute Gasteiger partial charge is 0.315 e. The van der Waals surface area contributed by atoms with Gasteiger partial charge >= 0.3 is 11.9 Å². The number of para-hydroxylation sites is 1. The van der Waals surface area contributed by atoms with E-state index in [2.05, 4.69) is 4.74 Å². The Hall–Kier alpha value is -2.37. The van der Waals surface area contributed by atoms with Crippen LogP contribution in [0.3, 0.4) is 0 Å². The van der Waals surface area contributed by atoms with Gasteiger partial charge in [-0.3, -0.25) is 14.4 Å². The number of methoxy groups -OCH3 is 1. The molecule has 0 heterocycles. The Labute approximate surface area is 123 Å². The molecule has 0 fully saturated rings. The number of carbonyl (C=O) groups is 3. The number of hydrogen-bond acceptors (Lipinski definition) is 5. The van der Waals surface area contributed by atoms with E-state index in [9.17, 15) is 14.4 Å². The van der Waals surface area contributed by atoms with E-state index in [0.717, 1.165) is 0 Å². The molecule has 0 saturated heterocycles. The average Bonchev–Trinajstić information content (AvgIpc) is 2.48. The Bertz CT molecular complexity index is 486. The van der Waals surface area contributed by atoms with E-state index >= 15 is 0 Å². The maximum atomic E-state index is 12.2. The molecule has 1 aromatic rings. The zero-order chi connectivity index (χ0) is 15.7. The molecule has 114 valence electrons. The topological polar surface area (TPSA) is 72.9 Å². The molecule has 6 nitrogen and oxygen atoms in total. The number of nitrogens with zero attached hydrogens (tertiary/aromatic N) is 1. The van der Waals surface area contributed by atoms with Crippen LogP contribution >= 0.6 is 0 Å². The summed E-state index contributed by atoms with van der Waals surface area (Å²) in [5.41, 5.74) is 0.621. The SMILES string of the molecule is CCOC(=O)CCN(C(=O)CC(=O)OC)c1ccccc1. The first kappa shape index (κ1) is 16.7. The maximum Gasteiger partial charge on any atom is 0.315 e. The summed E-state index contributed by atoms with van der Waals surface area (Å²) >= 11 is 0. The van der Waals surface area contributed by atoms with Gasteiger partial charge in [0.1, 0.15) is 6.42 Å². The number of rotatable bonds is 7. The van der Waals surface area contributed by atoms with Crippen molar-refractivity contribution < 1.29 is 23.9 Å². The van der Waals surface area contributed by atoms with Gasteiger partial charge in [-0.05, 0) is 19.1 Å². The number of amides is 1. The van der Waals surface area contributed by atoms with Crippen molar-refractivity contribution in [3.05, 3.63) is 30.3 Å². The highest BCUT2D eigenvalue weighted by atomic mass is 16.5. The second-order valence-electron chi connectivity index (χ2n) is 4.19. The van der Waals surface area contributed by atoms with Crippen LogP contribution in [0.15, 0.2) is 30.3 Å². The molecule has 0 atom stereocenters. The lowest BCUT2D eigenvalue weighted by atomic mass is 10.2. The normalized spacial score (nSPS) is 9.81. The summed E-state index contributed by atoms with van der Waals surface area (Å²) in [5.74, 6) is -1.42. The summed E-state index contributed by atoms with van der Waals surface area (Å²) in [6.45, 7) is 2.16. The van der Waals surface area contributed by atoms with E-state index in [1.54, 1.807) is 31.2 Å². The highest BCUT2D eigenvalue weighted by molar-refractivity contribution is 6.03. The molecule has 0 saturated carbocycles. The van der Waals surface area contributed by atoms with Gasteiger partial charge in [-0.2, -0.15) is 0 Å². The Kier molecular flexibility index (Phi) is 6.94. The molecule has 0 bridgehead atoms. The minimum absolute atomic E-state index is 0.0651. The molecule has 0 aliphatic carbocycles. The monoisotopic (exact) mass is 293 g/mol. The largest absolute Gasteiger partial charge is 0.469 e. The second kappa shape index (κ2) is 8.73. The predicted molar refractivity (Wildman–Crippen MR) is 76.7 cm³/mol. The predicted octanol–water partition coefficient (Wildman–Crippen LogP) is 1.54. The fraction of sp³-hybridized carbons (Fsp3) is 0.400. The molecule has 1 rings (SSSR count). The number of anilines is 1. The zero-order valence-electron chi connectivity index (χ0n) is 12.2. The number of carbonyl (C=O) groups excluding carboxylic acids is 3. The lowest BCUT2D eigenvalue weighted by Gasteiger charge is -2.22. The first-order valence-electron chi connectivity index (χ1n) is 6.66. The van der Waals surface area contributed by atoms with Crippen LogP contribution in [0.5, 0.6) is 0 Å². The van der Waals surface area contributed by atoms with Crippen LogP contribution in [0.2, 0.25) is 0 Å². The number of hydrogen-bond donors (Lipinski definition) is 0. The summed E-state index contributed by atoms with van der Waals surface area (Å²) in [5, 5.41) is 0. The molecule has 21 heavy (non-hydrogen) atoms. The number of benzene rings is 1. The molecule has 0 radical (unpaired) electrons. The maximum absolute atomic E-state index is 12.2. The van der Waals surface area contributed by atoms with Crippen molar-refractivity contribution in [1.82, 2.24) is 0 Å². The minimum atomic E-state index is -0.614. The number of ether oxygens (including phenoxy) is 2. The summed E-state index contributed by atoms with van der Waals surface area (Å²) in [6.07, 6.45) is -0.302. The van der Waals surface area contributed by atoms with Gasteiger partial charge in [0.25, 0.3) is 0 Å². The molecule has 0 unspecified atom stereocenters.